The molecule has 0 unspecified atom stereocenters. The zero-order valence-electron chi connectivity index (χ0n) is 14.6. The highest BCUT2D eigenvalue weighted by atomic mass is 32.2. The molecule has 0 atom stereocenters. The average molecular weight is 375 g/mol. The Bertz CT molecular complexity index is 922. The number of primary amides is 1. The average Bonchev–Trinajstić information content (AvgIpc) is 2.57. The number of nitrogens with two attached hydrogens (primary N) is 1. The molecule has 0 aliphatic carbocycles. The van der Waals surface area contributed by atoms with Crippen LogP contribution in [0.3, 0.4) is 0 Å². The molecule has 0 saturated heterocycles. The Balaban J connectivity index is 1.88. The number of hydrogen-bond donors (Lipinski definition) is 3. The van der Waals surface area contributed by atoms with Crippen LogP contribution in [-0.2, 0) is 14.8 Å². The summed E-state index contributed by atoms with van der Waals surface area (Å²) in [4.78, 5) is 23.1. The zero-order valence-corrected chi connectivity index (χ0v) is 15.4. The van der Waals surface area contributed by atoms with E-state index in [0.29, 0.717) is 11.3 Å². The molecule has 0 aliphatic rings. The van der Waals surface area contributed by atoms with E-state index in [1.54, 1.807) is 24.3 Å². The number of aryl methyl sites for hydroxylation is 2. The van der Waals surface area contributed by atoms with Gasteiger partial charge in [-0.1, -0.05) is 6.07 Å². The van der Waals surface area contributed by atoms with E-state index in [0.717, 1.165) is 11.1 Å². The van der Waals surface area contributed by atoms with Gasteiger partial charge in [-0.25, -0.2) is 13.1 Å². The second kappa shape index (κ2) is 8.11. The molecule has 138 valence electrons. The first-order valence-corrected chi connectivity index (χ1v) is 9.44. The number of hydrogen-bond acceptors (Lipinski definition) is 4. The fraction of sp³-hybridized carbons (Fsp3) is 0.222. The summed E-state index contributed by atoms with van der Waals surface area (Å²) in [6.45, 7) is 3.71. The summed E-state index contributed by atoms with van der Waals surface area (Å²) in [5.41, 5.74) is 7.86. The Morgan fingerprint density at radius 2 is 1.65 bits per heavy atom. The molecule has 2 aromatic carbocycles. The third-order valence-corrected chi connectivity index (χ3v) is 5.34. The Morgan fingerprint density at radius 1 is 1.00 bits per heavy atom. The van der Waals surface area contributed by atoms with Crippen molar-refractivity contribution in [2.45, 2.75) is 25.2 Å². The van der Waals surface area contributed by atoms with Crippen LogP contribution in [0.2, 0.25) is 0 Å². The lowest BCUT2D eigenvalue weighted by molar-refractivity contribution is -0.116. The number of sulfonamides is 1. The van der Waals surface area contributed by atoms with E-state index in [9.17, 15) is 18.0 Å². The molecule has 2 rings (SSSR count). The van der Waals surface area contributed by atoms with Crippen molar-refractivity contribution in [2.75, 3.05) is 11.9 Å². The number of carbonyl (C=O) groups is 2. The number of rotatable bonds is 7. The van der Waals surface area contributed by atoms with E-state index in [-0.39, 0.29) is 23.8 Å². The number of carbonyl (C=O) groups excluding carboxylic acids is 2. The van der Waals surface area contributed by atoms with Crippen molar-refractivity contribution < 1.29 is 18.0 Å². The van der Waals surface area contributed by atoms with E-state index >= 15 is 0 Å². The van der Waals surface area contributed by atoms with Gasteiger partial charge < -0.3 is 11.1 Å². The van der Waals surface area contributed by atoms with Crippen LogP contribution in [0.4, 0.5) is 5.69 Å². The molecule has 0 fully saturated rings. The fourth-order valence-corrected chi connectivity index (χ4v) is 3.32. The number of anilines is 1. The molecule has 2 amide bonds. The zero-order chi connectivity index (χ0) is 19.3. The molecule has 0 bridgehead atoms. The van der Waals surface area contributed by atoms with Crippen LogP contribution in [0, 0.1) is 13.8 Å². The first-order chi connectivity index (χ1) is 12.2. The Hall–Kier alpha value is -2.71. The summed E-state index contributed by atoms with van der Waals surface area (Å²) in [6.07, 6.45) is -0.0261. The molecule has 4 N–H and O–H groups in total. The predicted molar refractivity (Wildman–Crippen MR) is 99.3 cm³/mol. The van der Waals surface area contributed by atoms with Crippen molar-refractivity contribution in [1.29, 1.82) is 0 Å². The lowest BCUT2D eigenvalue weighted by Gasteiger charge is -2.09. The monoisotopic (exact) mass is 375 g/mol. The van der Waals surface area contributed by atoms with Crippen LogP contribution in [0.25, 0.3) is 0 Å². The van der Waals surface area contributed by atoms with Crippen molar-refractivity contribution >= 4 is 27.5 Å². The Kier molecular flexibility index (Phi) is 6.12. The highest BCUT2D eigenvalue weighted by Gasteiger charge is 2.15. The van der Waals surface area contributed by atoms with Gasteiger partial charge in [-0.05, 0) is 61.4 Å². The predicted octanol–water partition coefficient (Wildman–Crippen LogP) is 1.71. The van der Waals surface area contributed by atoms with Crippen LogP contribution in [-0.4, -0.2) is 26.8 Å². The summed E-state index contributed by atoms with van der Waals surface area (Å²) in [7, 11) is -3.66. The normalized spacial score (nSPS) is 11.2. The minimum absolute atomic E-state index is 0.0261. The summed E-state index contributed by atoms with van der Waals surface area (Å²) < 4.78 is 26.9. The Labute approximate surface area is 152 Å². The number of benzene rings is 2. The van der Waals surface area contributed by atoms with Gasteiger partial charge in [0, 0.05) is 24.2 Å². The maximum Gasteiger partial charge on any atom is 0.248 e. The second-order valence-electron chi connectivity index (χ2n) is 5.88. The minimum Gasteiger partial charge on any atom is -0.366 e. The Morgan fingerprint density at radius 3 is 2.23 bits per heavy atom. The van der Waals surface area contributed by atoms with Gasteiger partial charge in [0.2, 0.25) is 21.8 Å². The lowest BCUT2D eigenvalue weighted by Crippen LogP contribution is -2.28. The molecular formula is C18H21N3O4S. The SMILES string of the molecule is Cc1ccc(S(=O)(=O)NCCC(=O)Nc2ccc(C(N)=O)cc2)cc1C. The van der Waals surface area contributed by atoms with Crippen molar-refractivity contribution in [1.82, 2.24) is 4.72 Å². The van der Waals surface area contributed by atoms with Crippen LogP contribution >= 0.6 is 0 Å². The minimum atomic E-state index is -3.66. The van der Waals surface area contributed by atoms with Crippen LogP contribution < -0.4 is 15.8 Å². The van der Waals surface area contributed by atoms with Crippen molar-refractivity contribution in [3.05, 3.63) is 59.2 Å². The first kappa shape index (κ1) is 19.6. The van der Waals surface area contributed by atoms with Crippen molar-refractivity contribution in [3.8, 4) is 0 Å². The van der Waals surface area contributed by atoms with E-state index < -0.39 is 15.9 Å². The molecule has 8 heteroatoms. The van der Waals surface area contributed by atoms with Gasteiger partial charge in [0.25, 0.3) is 0 Å². The molecule has 0 saturated carbocycles. The highest BCUT2D eigenvalue weighted by Crippen LogP contribution is 2.14. The maximum atomic E-state index is 12.3. The van der Waals surface area contributed by atoms with Crippen molar-refractivity contribution in [3.63, 3.8) is 0 Å². The van der Waals surface area contributed by atoms with E-state index in [2.05, 4.69) is 10.0 Å². The van der Waals surface area contributed by atoms with Crippen molar-refractivity contribution in [2.24, 2.45) is 5.73 Å². The summed E-state index contributed by atoms with van der Waals surface area (Å²) in [6, 6.07) is 11.0. The molecule has 0 aliphatic heterocycles. The molecule has 0 aromatic heterocycles. The second-order valence-corrected chi connectivity index (χ2v) is 7.65. The highest BCUT2D eigenvalue weighted by molar-refractivity contribution is 7.89. The first-order valence-electron chi connectivity index (χ1n) is 7.96. The van der Waals surface area contributed by atoms with Gasteiger partial charge in [0.1, 0.15) is 0 Å². The smallest absolute Gasteiger partial charge is 0.248 e. The molecule has 7 nitrogen and oxygen atoms in total. The quantitative estimate of drug-likeness (QED) is 0.682. The fourth-order valence-electron chi connectivity index (χ4n) is 2.20. The van der Waals surface area contributed by atoms with E-state index in [1.165, 1.54) is 18.2 Å². The molecule has 0 spiro atoms. The van der Waals surface area contributed by atoms with Gasteiger partial charge >= 0.3 is 0 Å². The van der Waals surface area contributed by atoms with Gasteiger partial charge in [0.05, 0.1) is 4.90 Å². The maximum absolute atomic E-state index is 12.3. The van der Waals surface area contributed by atoms with Crippen LogP contribution in [0.5, 0.6) is 0 Å². The molecule has 0 heterocycles. The molecular weight excluding hydrogens is 354 g/mol. The third-order valence-electron chi connectivity index (χ3n) is 3.89. The molecule has 0 radical (unpaired) electrons. The standard InChI is InChI=1S/C18H21N3O4S/c1-12-3-8-16(11-13(12)2)26(24,25)20-10-9-17(22)21-15-6-4-14(5-7-15)18(19)23/h3-8,11,20H,9-10H2,1-2H3,(H2,19,23)(H,21,22). The topological polar surface area (TPSA) is 118 Å². The van der Waals surface area contributed by atoms with E-state index in [1.807, 2.05) is 13.8 Å². The van der Waals surface area contributed by atoms with E-state index in [4.69, 9.17) is 5.73 Å². The molecule has 2 aromatic rings. The third kappa shape index (κ3) is 5.14. The number of amides is 2. The van der Waals surface area contributed by atoms with Gasteiger partial charge in [-0.2, -0.15) is 0 Å². The molecule has 26 heavy (non-hydrogen) atoms. The van der Waals surface area contributed by atoms with Gasteiger partial charge in [-0.15, -0.1) is 0 Å². The van der Waals surface area contributed by atoms with Crippen LogP contribution in [0.1, 0.15) is 27.9 Å². The largest absolute Gasteiger partial charge is 0.366 e. The van der Waals surface area contributed by atoms with Gasteiger partial charge in [0.15, 0.2) is 0 Å². The summed E-state index contributed by atoms with van der Waals surface area (Å²) in [5.74, 6) is -0.900. The summed E-state index contributed by atoms with van der Waals surface area (Å²) >= 11 is 0. The van der Waals surface area contributed by atoms with Crippen LogP contribution in [0.15, 0.2) is 47.4 Å². The van der Waals surface area contributed by atoms with Gasteiger partial charge in [-0.3, -0.25) is 9.59 Å². The lowest BCUT2D eigenvalue weighted by atomic mass is 10.1. The number of nitrogens with one attached hydrogen (secondary N) is 2. The summed E-state index contributed by atoms with van der Waals surface area (Å²) in [5, 5.41) is 2.62.